The Morgan fingerprint density at radius 1 is 1.20 bits per heavy atom. The highest BCUT2D eigenvalue weighted by Gasteiger charge is 2.20. The molecule has 1 amide bonds. The lowest BCUT2D eigenvalue weighted by Gasteiger charge is -2.04. The molecule has 0 unspecified atom stereocenters. The Morgan fingerprint density at radius 2 is 2.07 bits per heavy atom. The zero-order chi connectivity index (χ0) is 10.4. The molecule has 0 atom stereocenters. The van der Waals surface area contributed by atoms with Gasteiger partial charge in [0.1, 0.15) is 0 Å². The quantitative estimate of drug-likeness (QED) is 0.693. The maximum atomic E-state index is 11.6. The number of nitrogen functional groups attached to an aromatic ring is 1. The maximum absolute atomic E-state index is 11.6. The lowest BCUT2D eigenvalue weighted by molar-refractivity contribution is 0.101. The third-order valence-electron chi connectivity index (χ3n) is 2.51. The summed E-state index contributed by atoms with van der Waals surface area (Å²) in [6.45, 7) is 0. The first kappa shape index (κ1) is 8.11. The van der Waals surface area contributed by atoms with E-state index < -0.39 is 0 Å². The van der Waals surface area contributed by atoms with Crippen molar-refractivity contribution in [3.63, 3.8) is 0 Å². The molecule has 0 fully saturated rings. The van der Waals surface area contributed by atoms with Gasteiger partial charge in [0, 0.05) is 29.0 Å². The summed E-state index contributed by atoms with van der Waals surface area (Å²) in [5.74, 6) is -0.240. The Kier molecular flexibility index (Phi) is 1.42. The van der Waals surface area contributed by atoms with Crippen LogP contribution in [0.1, 0.15) is 15.9 Å². The van der Waals surface area contributed by atoms with Crippen LogP contribution in [0.4, 0.5) is 5.69 Å². The minimum atomic E-state index is -0.240. The molecule has 1 aliphatic rings. The molecule has 72 valence electrons. The van der Waals surface area contributed by atoms with Crippen LogP contribution < -0.4 is 5.73 Å². The molecule has 0 aliphatic carbocycles. The van der Waals surface area contributed by atoms with Crippen molar-refractivity contribution < 1.29 is 4.79 Å². The summed E-state index contributed by atoms with van der Waals surface area (Å²) in [5.41, 5.74) is 8.52. The van der Waals surface area contributed by atoms with E-state index in [4.69, 9.17) is 5.73 Å². The zero-order valence-electron chi connectivity index (χ0n) is 7.77. The number of hydrogen-bond acceptors (Lipinski definition) is 3. The fraction of sp³-hybridized carbons (Fsp3) is 0. The van der Waals surface area contributed by atoms with Crippen molar-refractivity contribution in [1.29, 1.82) is 0 Å². The van der Waals surface area contributed by atoms with Crippen LogP contribution in [0.3, 0.4) is 0 Å². The lowest BCUT2D eigenvalue weighted by Crippen LogP contribution is -1.98. The highest BCUT2D eigenvalue weighted by molar-refractivity contribution is 6.21. The maximum Gasteiger partial charge on any atom is 0.278 e. The zero-order valence-corrected chi connectivity index (χ0v) is 7.77. The molecule has 2 heterocycles. The third kappa shape index (κ3) is 0.985. The first-order chi connectivity index (χ1) is 7.27. The van der Waals surface area contributed by atoms with Crippen molar-refractivity contribution in [2.45, 2.75) is 0 Å². The van der Waals surface area contributed by atoms with Gasteiger partial charge in [0.15, 0.2) is 0 Å². The van der Waals surface area contributed by atoms with Crippen LogP contribution in [0.15, 0.2) is 29.4 Å². The van der Waals surface area contributed by atoms with E-state index in [1.54, 1.807) is 18.5 Å². The SMILES string of the molecule is Nc1ccnc2ccc3c(c12)C(=O)N=C3. The van der Waals surface area contributed by atoms with Crippen molar-refractivity contribution in [3.8, 4) is 0 Å². The average Bonchev–Trinajstić information content (AvgIpc) is 2.61. The number of carbonyl (C=O) groups is 1. The number of nitrogens with zero attached hydrogens (tertiary/aromatic N) is 2. The smallest absolute Gasteiger partial charge is 0.278 e. The van der Waals surface area contributed by atoms with Crippen molar-refractivity contribution in [2.24, 2.45) is 4.99 Å². The summed E-state index contributed by atoms with van der Waals surface area (Å²) in [6.07, 6.45) is 3.19. The minimum absolute atomic E-state index is 0.240. The summed E-state index contributed by atoms with van der Waals surface area (Å²) >= 11 is 0. The van der Waals surface area contributed by atoms with Gasteiger partial charge in [-0.15, -0.1) is 0 Å². The topological polar surface area (TPSA) is 68.3 Å². The molecular weight excluding hydrogens is 190 g/mol. The third-order valence-corrected chi connectivity index (χ3v) is 2.51. The molecule has 0 saturated carbocycles. The van der Waals surface area contributed by atoms with Gasteiger partial charge in [-0.05, 0) is 12.1 Å². The van der Waals surface area contributed by atoms with E-state index >= 15 is 0 Å². The molecule has 0 bridgehead atoms. The molecule has 1 aromatic carbocycles. The Balaban J connectivity index is 2.54. The van der Waals surface area contributed by atoms with Gasteiger partial charge in [-0.25, -0.2) is 4.99 Å². The van der Waals surface area contributed by atoms with Crippen LogP contribution in [-0.4, -0.2) is 17.1 Å². The number of aromatic nitrogens is 1. The van der Waals surface area contributed by atoms with Gasteiger partial charge >= 0.3 is 0 Å². The number of pyridine rings is 1. The van der Waals surface area contributed by atoms with Gasteiger partial charge < -0.3 is 5.73 Å². The number of anilines is 1. The molecule has 2 N–H and O–H groups in total. The number of benzene rings is 1. The number of hydrogen-bond donors (Lipinski definition) is 1. The van der Waals surface area contributed by atoms with Gasteiger partial charge in [0.2, 0.25) is 0 Å². The number of fused-ring (bicyclic) bond motifs is 3. The summed E-state index contributed by atoms with van der Waals surface area (Å²) in [5, 5.41) is 0.706. The molecule has 0 spiro atoms. The number of rotatable bonds is 0. The number of carbonyl (C=O) groups excluding carboxylic acids is 1. The minimum Gasteiger partial charge on any atom is -0.398 e. The number of aliphatic imine (C=N–C) groups is 1. The molecule has 0 saturated heterocycles. The lowest BCUT2D eigenvalue weighted by atomic mass is 10.0. The summed E-state index contributed by atoms with van der Waals surface area (Å²) in [6, 6.07) is 5.36. The molecule has 2 aromatic rings. The first-order valence-electron chi connectivity index (χ1n) is 4.53. The Hall–Kier alpha value is -2.23. The van der Waals surface area contributed by atoms with E-state index in [0.717, 1.165) is 11.1 Å². The summed E-state index contributed by atoms with van der Waals surface area (Å²) in [4.78, 5) is 19.5. The normalized spacial score (nSPS) is 13.5. The van der Waals surface area contributed by atoms with Gasteiger partial charge in [0.05, 0.1) is 11.1 Å². The highest BCUT2D eigenvalue weighted by atomic mass is 16.1. The van der Waals surface area contributed by atoms with Gasteiger partial charge in [-0.3, -0.25) is 9.78 Å². The second-order valence-corrected chi connectivity index (χ2v) is 3.39. The molecule has 4 heteroatoms. The van der Waals surface area contributed by atoms with Gasteiger partial charge in [-0.2, -0.15) is 0 Å². The standard InChI is InChI=1S/C11H7N3O/c12-7-3-4-13-8-2-1-6-5-14-11(15)9(6)10(7)8/h1-5H,(H2,12,13). The molecule has 1 aromatic heterocycles. The van der Waals surface area contributed by atoms with Gasteiger partial charge in [0.25, 0.3) is 5.91 Å². The second kappa shape index (κ2) is 2.63. The van der Waals surface area contributed by atoms with Crippen LogP contribution in [0.5, 0.6) is 0 Å². The van der Waals surface area contributed by atoms with Crippen molar-refractivity contribution in [2.75, 3.05) is 5.73 Å². The summed E-state index contributed by atoms with van der Waals surface area (Å²) in [7, 11) is 0. The largest absolute Gasteiger partial charge is 0.398 e. The molecule has 0 radical (unpaired) electrons. The van der Waals surface area contributed by atoms with Gasteiger partial charge in [-0.1, -0.05) is 6.07 Å². The number of amides is 1. The molecule has 1 aliphatic heterocycles. The van der Waals surface area contributed by atoms with E-state index in [1.165, 1.54) is 0 Å². The second-order valence-electron chi connectivity index (χ2n) is 3.39. The predicted molar refractivity (Wildman–Crippen MR) is 58.1 cm³/mol. The van der Waals surface area contributed by atoms with Crippen molar-refractivity contribution >= 4 is 28.7 Å². The molecular formula is C11H7N3O. The molecule has 4 nitrogen and oxygen atoms in total. The average molecular weight is 197 g/mol. The van der Waals surface area contributed by atoms with E-state index in [2.05, 4.69) is 9.98 Å². The first-order valence-corrected chi connectivity index (χ1v) is 4.53. The number of nitrogens with two attached hydrogens (primary N) is 1. The summed E-state index contributed by atoms with van der Waals surface area (Å²) < 4.78 is 0. The fourth-order valence-corrected chi connectivity index (χ4v) is 1.82. The van der Waals surface area contributed by atoms with Crippen molar-refractivity contribution in [1.82, 2.24) is 4.98 Å². The predicted octanol–water partition coefficient (Wildman–Crippen LogP) is 1.39. The Bertz CT molecular complexity index is 617. The fourth-order valence-electron chi connectivity index (χ4n) is 1.82. The van der Waals surface area contributed by atoms with E-state index in [0.29, 0.717) is 16.6 Å². The van der Waals surface area contributed by atoms with Crippen LogP contribution in [0, 0.1) is 0 Å². The monoisotopic (exact) mass is 197 g/mol. The van der Waals surface area contributed by atoms with E-state index in [-0.39, 0.29) is 5.91 Å². The molecule has 3 rings (SSSR count). The van der Waals surface area contributed by atoms with E-state index in [9.17, 15) is 4.79 Å². The van der Waals surface area contributed by atoms with Crippen molar-refractivity contribution in [3.05, 3.63) is 35.5 Å². The van der Waals surface area contributed by atoms with E-state index in [1.807, 2.05) is 12.1 Å². The van der Waals surface area contributed by atoms with Crippen LogP contribution in [0.2, 0.25) is 0 Å². The highest BCUT2D eigenvalue weighted by Crippen LogP contribution is 2.28. The van der Waals surface area contributed by atoms with Crippen LogP contribution in [-0.2, 0) is 0 Å². The Labute approximate surface area is 85.5 Å². The van der Waals surface area contributed by atoms with Crippen LogP contribution >= 0.6 is 0 Å². The molecule has 15 heavy (non-hydrogen) atoms. The van der Waals surface area contributed by atoms with Crippen LogP contribution in [0.25, 0.3) is 10.9 Å². The Morgan fingerprint density at radius 3 is 2.93 bits per heavy atom.